The smallest absolute Gasteiger partial charge is 0.307 e. The van der Waals surface area contributed by atoms with Gasteiger partial charge in [0.2, 0.25) is 27.7 Å². The predicted octanol–water partition coefficient (Wildman–Crippen LogP) is 5.09. The highest BCUT2D eigenvalue weighted by molar-refractivity contribution is 7.91. The average molecular weight is 781 g/mol. The Morgan fingerprint density at radius 3 is 2.40 bits per heavy atom. The van der Waals surface area contributed by atoms with Crippen LogP contribution < -0.4 is 15.0 Å². The number of sulfonamides is 1. The number of benzene rings is 1. The van der Waals surface area contributed by atoms with Crippen LogP contribution in [0.2, 0.25) is 0 Å². The monoisotopic (exact) mass is 780 g/mol. The topological polar surface area (TPSA) is 171 Å². The molecule has 55 heavy (non-hydrogen) atoms. The normalized spacial score (nSPS) is 30.3. The number of fused-ring (bicyclic) bond motifs is 3. The molecule has 0 spiro atoms. The van der Waals surface area contributed by atoms with Crippen molar-refractivity contribution in [1.29, 1.82) is 0 Å². The van der Waals surface area contributed by atoms with Crippen LogP contribution in [0.5, 0.6) is 5.88 Å². The summed E-state index contributed by atoms with van der Waals surface area (Å²) in [4.78, 5) is 71.4. The number of hydrogen-bond acceptors (Lipinski definition) is 10. The minimum Gasteiger partial charge on any atom is -0.471 e. The van der Waals surface area contributed by atoms with Gasteiger partial charge in [-0.1, -0.05) is 38.1 Å². The molecule has 2 aliphatic carbocycles. The lowest BCUT2D eigenvalue weighted by atomic mass is 9.82. The number of ketones is 1. The van der Waals surface area contributed by atoms with Crippen LogP contribution in [0, 0.1) is 29.1 Å². The van der Waals surface area contributed by atoms with E-state index in [1.165, 1.54) is 9.58 Å². The number of aromatic nitrogens is 2. The van der Waals surface area contributed by atoms with Crippen molar-refractivity contribution in [3.63, 3.8) is 0 Å². The lowest BCUT2D eigenvalue weighted by Crippen LogP contribution is -2.48. The first kappa shape index (κ1) is 40.6. The zero-order chi connectivity index (χ0) is 40.1. The lowest BCUT2D eigenvalue weighted by molar-refractivity contribution is -0.160. The van der Waals surface area contributed by atoms with Gasteiger partial charge in [-0.3, -0.25) is 28.7 Å². The number of carbonyl (C=O) groups is 4. The van der Waals surface area contributed by atoms with E-state index in [1.54, 1.807) is 58.9 Å². The third kappa shape index (κ3) is 8.53. The van der Waals surface area contributed by atoms with E-state index in [-0.39, 0.29) is 66.7 Å². The third-order valence-corrected chi connectivity index (χ3v) is 14.2. The minimum absolute atomic E-state index is 0.00114. The number of amides is 2. The Kier molecular flexibility index (Phi) is 11.2. The molecule has 3 heterocycles. The maximum atomic E-state index is 14.9. The minimum atomic E-state index is -3.97. The molecule has 1 saturated heterocycles. The van der Waals surface area contributed by atoms with Crippen LogP contribution in [0.1, 0.15) is 106 Å². The first-order valence-corrected chi connectivity index (χ1v) is 21.2. The van der Waals surface area contributed by atoms with Gasteiger partial charge in [-0.2, -0.15) is 0 Å². The van der Waals surface area contributed by atoms with Gasteiger partial charge in [0.25, 0.3) is 5.56 Å². The number of nitrogens with zero attached hydrogens (tertiary/aromatic N) is 3. The summed E-state index contributed by atoms with van der Waals surface area (Å²) in [5.41, 5.74) is -2.32. The van der Waals surface area contributed by atoms with Crippen LogP contribution in [0.15, 0.2) is 41.2 Å². The van der Waals surface area contributed by atoms with Crippen molar-refractivity contribution < 1.29 is 37.1 Å². The zero-order valence-electron chi connectivity index (χ0n) is 33.1. The molecule has 4 aliphatic rings. The number of ether oxygens (including phenoxy) is 2. The molecule has 13 nitrogen and oxygen atoms in total. The Hall–Kier alpha value is -4.07. The van der Waals surface area contributed by atoms with E-state index in [1.807, 2.05) is 19.1 Å². The highest BCUT2D eigenvalue weighted by Crippen LogP contribution is 2.57. The van der Waals surface area contributed by atoms with Crippen molar-refractivity contribution in [1.82, 2.24) is 19.4 Å². The highest BCUT2D eigenvalue weighted by atomic mass is 32.2. The summed E-state index contributed by atoms with van der Waals surface area (Å²) in [5.74, 6) is -2.98. The first-order valence-electron chi connectivity index (χ1n) is 19.7. The molecule has 300 valence electrons. The second kappa shape index (κ2) is 15.1. The number of Topliss-reactive ketones (excluding diaryl/α,β-unsaturated/α-hetero) is 1. The number of esters is 1. The maximum Gasteiger partial charge on any atom is 0.307 e. The van der Waals surface area contributed by atoms with Crippen LogP contribution in [0.25, 0.3) is 10.8 Å². The van der Waals surface area contributed by atoms with Crippen LogP contribution >= 0.6 is 0 Å². The standard InChI is InChI=1S/C41H56N4O9S/c1-8-45-37(49)30-16-12-11-15-29(30)35(42-45)53-28-20-32-33(46)23-41(38(50)43-55(51,52)40(7)17-18-40)22-27(41)14-10-9-13-25(2)19-26(3)31(36(48)44(32)24-28)21-34(47)54-39(4,5)6/h10-12,14-16,25-28,31-32H,8-9,13,17-24H2,1-7H3,(H,43,50)/b14-10-/t25-,26-,27-,28-,31+,32+,41-/m1/s1. The maximum absolute atomic E-state index is 14.9. The number of rotatable bonds is 8. The number of aryl methyl sites for hydroxylation is 1. The fourth-order valence-electron chi connectivity index (χ4n) is 8.31. The van der Waals surface area contributed by atoms with E-state index in [0.29, 0.717) is 49.4 Å². The van der Waals surface area contributed by atoms with Gasteiger partial charge >= 0.3 is 5.97 Å². The van der Waals surface area contributed by atoms with E-state index in [4.69, 9.17) is 9.47 Å². The fourth-order valence-corrected chi connectivity index (χ4v) is 9.64. The van der Waals surface area contributed by atoms with Gasteiger partial charge in [0.15, 0.2) is 5.78 Å². The van der Waals surface area contributed by atoms with Gasteiger partial charge < -0.3 is 14.4 Å². The Morgan fingerprint density at radius 1 is 1.05 bits per heavy atom. The predicted molar refractivity (Wildman–Crippen MR) is 206 cm³/mol. The number of hydrogen-bond donors (Lipinski definition) is 1. The Morgan fingerprint density at radius 2 is 1.75 bits per heavy atom. The summed E-state index contributed by atoms with van der Waals surface area (Å²) in [6.07, 6.45) is 6.21. The molecule has 0 radical (unpaired) electrons. The van der Waals surface area contributed by atoms with Crippen LogP contribution in [0.4, 0.5) is 0 Å². The summed E-state index contributed by atoms with van der Waals surface area (Å²) in [7, 11) is -3.97. The number of carbonyl (C=O) groups excluding carboxylic acids is 4. The molecule has 2 aliphatic heterocycles. The molecule has 6 rings (SSSR count). The quantitative estimate of drug-likeness (QED) is 0.281. The van der Waals surface area contributed by atoms with Gasteiger partial charge in [0.05, 0.1) is 45.9 Å². The van der Waals surface area contributed by atoms with Gasteiger partial charge in [-0.25, -0.2) is 13.1 Å². The molecule has 0 bridgehead atoms. The molecular weight excluding hydrogens is 725 g/mol. The second-order valence-corrected chi connectivity index (χ2v) is 19.9. The molecule has 14 heteroatoms. The van der Waals surface area contributed by atoms with Crippen molar-refractivity contribution in [2.75, 3.05) is 6.54 Å². The molecule has 1 aromatic carbocycles. The molecule has 2 saturated carbocycles. The third-order valence-electron chi connectivity index (χ3n) is 12.0. The van der Waals surface area contributed by atoms with Gasteiger partial charge in [-0.15, -0.1) is 5.10 Å². The summed E-state index contributed by atoms with van der Waals surface area (Å²) >= 11 is 0. The fraction of sp³-hybridized carbons (Fsp3) is 0.659. The zero-order valence-corrected chi connectivity index (χ0v) is 33.9. The SMILES string of the molecule is CCn1nc(O[C@@H]2C[C@H]3C(=O)C[C@]4(C(=O)NS(=O)(=O)C5(C)CC5)C[C@H]4/C=C\CC[C@@H](C)C[C@@H](C)[C@H](CC(=O)OC(C)(C)C)C(=O)N3C2)c2ccccc2c1=O. The van der Waals surface area contributed by atoms with Crippen molar-refractivity contribution in [2.24, 2.45) is 29.1 Å². The highest BCUT2D eigenvalue weighted by Gasteiger charge is 2.62. The van der Waals surface area contributed by atoms with Crippen molar-refractivity contribution >= 4 is 44.4 Å². The molecule has 2 aromatic rings. The van der Waals surface area contributed by atoms with Crippen LogP contribution in [-0.2, 0) is 40.5 Å². The summed E-state index contributed by atoms with van der Waals surface area (Å²) in [5, 5.41) is 5.42. The number of nitrogens with one attached hydrogen (secondary N) is 1. The average Bonchev–Trinajstić information content (AvgIpc) is 3.99. The van der Waals surface area contributed by atoms with Crippen LogP contribution in [-0.4, -0.2) is 75.7 Å². The molecule has 3 fully saturated rings. The molecule has 1 N–H and O–H groups in total. The number of allylic oxidation sites excluding steroid dienone is 2. The summed E-state index contributed by atoms with van der Waals surface area (Å²) in [6.45, 7) is 13.1. The largest absolute Gasteiger partial charge is 0.471 e. The van der Waals surface area contributed by atoms with E-state index in [2.05, 4.69) is 16.7 Å². The van der Waals surface area contributed by atoms with Crippen LogP contribution in [0.3, 0.4) is 0 Å². The molecular formula is C41H56N4O9S. The Balaban J connectivity index is 1.37. The Labute approximate surface area is 323 Å². The molecule has 1 aromatic heterocycles. The van der Waals surface area contributed by atoms with Crippen molar-refractivity contribution in [2.45, 2.75) is 135 Å². The van der Waals surface area contributed by atoms with Crippen molar-refractivity contribution in [3.8, 4) is 5.88 Å². The Bertz CT molecular complexity index is 2050. The first-order chi connectivity index (χ1) is 25.8. The van der Waals surface area contributed by atoms with E-state index >= 15 is 0 Å². The summed E-state index contributed by atoms with van der Waals surface area (Å²) < 4.78 is 41.2. The van der Waals surface area contributed by atoms with Crippen molar-refractivity contribution in [3.05, 3.63) is 46.8 Å². The van der Waals surface area contributed by atoms with E-state index in [9.17, 15) is 32.4 Å². The molecule has 7 atom stereocenters. The van der Waals surface area contributed by atoms with E-state index < -0.39 is 55.7 Å². The second-order valence-electron chi connectivity index (χ2n) is 17.7. The van der Waals surface area contributed by atoms with E-state index in [0.717, 1.165) is 6.42 Å². The molecule has 0 unspecified atom stereocenters. The lowest BCUT2D eigenvalue weighted by Gasteiger charge is -2.32. The van der Waals surface area contributed by atoms with Gasteiger partial charge in [0.1, 0.15) is 11.7 Å². The van der Waals surface area contributed by atoms with Gasteiger partial charge in [-0.05, 0) is 103 Å². The van der Waals surface area contributed by atoms with Gasteiger partial charge in [0, 0.05) is 19.4 Å². The molecule has 2 amide bonds. The summed E-state index contributed by atoms with van der Waals surface area (Å²) in [6, 6.07) is 5.94.